The van der Waals surface area contributed by atoms with E-state index < -0.39 is 5.91 Å². The van der Waals surface area contributed by atoms with Gasteiger partial charge >= 0.3 is 6.01 Å². The van der Waals surface area contributed by atoms with Gasteiger partial charge in [-0.3, -0.25) is 14.9 Å². The predicted molar refractivity (Wildman–Crippen MR) is 139 cm³/mol. The maximum absolute atomic E-state index is 13.2. The molecule has 12 nitrogen and oxygen atoms in total. The van der Waals surface area contributed by atoms with E-state index in [2.05, 4.69) is 37.2 Å². The third kappa shape index (κ3) is 4.87. The normalized spacial score (nSPS) is 16.0. The number of amides is 2. The Morgan fingerprint density at radius 1 is 1.32 bits per heavy atom. The summed E-state index contributed by atoms with van der Waals surface area (Å²) in [6.07, 6.45) is 5.48. The standard InChI is InChI=1S/C25H29N9O3/c1-4-32(3)10-5-6-19(35)33-11-9-16(13-33)34-23-20(22(26)27-14-28-23)21(31-34)24(36)30-25-29-17-12-15(2)7-8-18(17)37-25/h5-8,12,14,16H,4,9-11,13H2,1-3H3,(H2,26,27,28)(H,29,30,36)/b6-5+/t16-/m1/s1. The van der Waals surface area contributed by atoms with Crippen molar-refractivity contribution in [3.05, 3.63) is 47.9 Å². The molecule has 0 saturated carbocycles. The molecule has 1 aromatic carbocycles. The van der Waals surface area contributed by atoms with E-state index >= 15 is 0 Å². The summed E-state index contributed by atoms with van der Waals surface area (Å²) >= 11 is 0. The van der Waals surface area contributed by atoms with Gasteiger partial charge in [-0.15, -0.1) is 0 Å². The summed E-state index contributed by atoms with van der Waals surface area (Å²) in [5.41, 5.74) is 8.87. The van der Waals surface area contributed by atoms with Crippen LogP contribution in [0.2, 0.25) is 0 Å². The number of aromatic nitrogens is 5. The molecule has 5 rings (SSSR count). The van der Waals surface area contributed by atoms with Crippen LogP contribution in [-0.4, -0.2) is 79.6 Å². The zero-order valence-corrected chi connectivity index (χ0v) is 21.0. The van der Waals surface area contributed by atoms with Gasteiger partial charge in [0.1, 0.15) is 17.7 Å². The molecule has 3 aromatic heterocycles. The fraction of sp³-hybridized carbons (Fsp3) is 0.360. The van der Waals surface area contributed by atoms with Gasteiger partial charge in [0.15, 0.2) is 16.9 Å². The number of carbonyl (C=O) groups excluding carboxylic acids is 2. The van der Waals surface area contributed by atoms with Crippen molar-refractivity contribution in [2.45, 2.75) is 26.3 Å². The second-order valence-corrected chi connectivity index (χ2v) is 9.18. The van der Waals surface area contributed by atoms with Gasteiger partial charge in [-0.05, 0) is 44.6 Å². The van der Waals surface area contributed by atoms with Crippen LogP contribution in [0.15, 0.2) is 41.1 Å². The van der Waals surface area contributed by atoms with Gasteiger partial charge in [0.25, 0.3) is 5.91 Å². The molecule has 1 atom stereocenters. The molecular formula is C25H29N9O3. The number of nitrogen functional groups attached to an aromatic ring is 1. The number of oxazole rings is 1. The summed E-state index contributed by atoms with van der Waals surface area (Å²) in [6.45, 7) is 6.64. The van der Waals surface area contributed by atoms with Crippen molar-refractivity contribution < 1.29 is 14.0 Å². The molecule has 37 heavy (non-hydrogen) atoms. The number of fused-ring (bicyclic) bond motifs is 2. The molecule has 2 amide bonds. The second-order valence-electron chi connectivity index (χ2n) is 9.18. The average Bonchev–Trinajstić information content (AvgIpc) is 3.60. The van der Waals surface area contributed by atoms with Crippen molar-refractivity contribution in [2.24, 2.45) is 0 Å². The largest absolute Gasteiger partial charge is 0.423 e. The molecule has 0 radical (unpaired) electrons. The third-order valence-corrected chi connectivity index (χ3v) is 6.54. The zero-order valence-electron chi connectivity index (χ0n) is 21.0. The highest BCUT2D eigenvalue weighted by atomic mass is 16.4. The van der Waals surface area contributed by atoms with E-state index in [1.165, 1.54) is 6.33 Å². The minimum absolute atomic E-state index is 0.0539. The van der Waals surface area contributed by atoms with Crippen LogP contribution in [0.25, 0.3) is 22.1 Å². The lowest BCUT2D eigenvalue weighted by Crippen LogP contribution is -2.28. The van der Waals surface area contributed by atoms with Crippen LogP contribution in [0, 0.1) is 6.92 Å². The Morgan fingerprint density at radius 2 is 2.16 bits per heavy atom. The summed E-state index contributed by atoms with van der Waals surface area (Å²) < 4.78 is 7.33. The number of hydrogen-bond donors (Lipinski definition) is 2. The summed E-state index contributed by atoms with van der Waals surface area (Å²) in [6, 6.07) is 5.47. The number of hydrogen-bond acceptors (Lipinski definition) is 9. The number of nitrogens with one attached hydrogen (secondary N) is 1. The van der Waals surface area contributed by atoms with Gasteiger partial charge in [0.05, 0.1) is 11.4 Å². The maximum Gasteiger partial charge on any atom is 0.302 e. The molecule has 0 bridgehead atoms. The van der Waals surface area contributed by atoms with E-state index in [1.807, 2.05) is 32.2 Å². The second kappa shape index (κ2) is 9.97. The Kier molecular flexibility index (Phi) is 6.57. The first-order valence-electron chi connectivity index (χ1n) is 12.1. The van der Waals surface area contributed by atoms with Crippen molar-refractivity contribution in [1.82, 2.24) is 34.5 Å². The summed E-state index contributed by atoms with van der Waals surface area (Å²) in [4.78, 5) is 42.6. The molecule has 1 saturated heterocycles. The van der Waals surface area contributed by atoms with Gasteiger partial charge in [0, 0.05) is 25.7 Å². The van der Waals surface area contributed by atoms with Gasteiger partial charge in [0.2, 0.25) is 5.91 Å². The van der Waals surface area contributed by atoms with E-state index in [-0.39, 0.29) is 29.5 Å². The van der Waals surface area contributed by atoms with Crippen molar-refractivity contribution in [1.29, 1.82) is 0 Å². The predicted octanol–water partition coefficient (Wildman–Crippen LogP) is 2.39. The highest BCUT2D eigenvalue weighted by Gasteiger charge is 2.31. The van der Waals surface area contributed by atoms with Crippen molar-refractivity contribution in [2.75, 3.05) is 44.3 Å². The molecule has 1 aliphatic rings. The topological polar surface area (TPSA) is 148 Å². The molecular weight excluding hydrogens is 474 g/mol. The first kappa shape index (κ1) is 24.4. The van der Waals surface area contributed by atoms with Crippen molar-refractivity contribution in [3.8, 4) is 0 Å². The Labute approximate surface area is 213 Å². The minimum Gasteiger partial charge on any atom is -0.423 e. The Morgan fingerprint density at radius 3 is 2.97 bits per heavy atom. The van der Waals surface area contributed by atoms with Crippen LogP contribution in [-0.2, 0) is 4.79 Å². The van der Waals surface area contributed by atoms with E-state index in [0.717, 1.165) is 12.1 Å². The Hall–Kier alpha value is -4.32. The number of likely N-dealkylation sites (N-methyl/N-ethyl adjacent to an activating group) is 1. The van der Waals surface area contributed by atoms with Crippen LogP contribution in [0.4, 0.5) is 11.8 Å². The monoisotopic (exact) mass is 503 g/mol. The molecule has 1 aliphatic heterocycles. The van der Waals surface area contributed by atoms with Crippen LogP contribution < -0.4 is 11.1 Å². The summed E-state index contributed by atoms with van der Waals surface area (Å²) in [5, 5.41) is 7.60. The first-order chi connectivity index (χ1) is 17.8. The van der Waals surface area contributed by atoms with E-state index in [1.54, 1.807) is 21.7 Å². The number of nitrogens with zero attached hydrogens (tertiary/aromatic N) is 7. The lowest BCUT2D eigenvalue weighted by molar-refractivity contribution is -0.125. The SMILES string of the molecule is CCN(C)C/C=C/C(=O)N1CC[C@@H](n2nc(C(=O)Nc3nc4cc(C)ccc4o3)c3c(N)ncnc32)C1. The summed E-state index contributed by atoms with van der Waals surface area (Å²) in [7, 11) is 2.00. The highest BCUT2D eigenvalue weighted by molar-refractivity contribution is 6.12. The number of benzene rings is 1. The summed E-state index contributed by atoms with van der Waals surface area (Å²) in [5.74, 6) is -0.451. The molecule has 0 spiro atoms. The number of likely N-dealkylation sites (tertiary alicyclic amines) is 1. The quantitative estimate of drug-likeness (QED) is 0.363. The fourth-order valence-corrected chi connectivity index (χ4v) is 4.37. The van der Waals surface area contributed by atoms with Crippen LogP contribution >= 0.6 is 0 Å². The van der Waals surface area contributed by atoms with Gasteiger partial charge in [-0.25, -0.2) is 14.6 Å². The van der Waals surface area contributed by atoms with E-state index in [9.17, 15) is 9.59 Å². The smallest absolute Gasteiger partial charge is 0.302 e. The Bertz CT molecular complexity index is 1510. The number of rotatable bonds is 7. The first-order valence-corrected chi connectivity index (χ1v) is 12.1. The van der Waals surface area contributed by atoms with Crippen molar-refractivity contribution >= 4 is 45.8 Å². The van der Waals surface area contributed by atoms with E-state index in [4.69, 9.17) is 10.2 Å². The number of anilines is 2. The lowest BCUT2D eigenvalue weighted by atomic mass is 10.2. The van der Waals surface area contributed by atoms with Crippen molar-refractivity contribution in [3.63, 3.8) is 0 Å². The van der Waals surface area contributed by atoms with Gasteiger partial charge < -0.3 is 20.0 Å². The number of aryl methyl sites for hydroxylation is 1. The molecule has 4 aromatic rings. The average molecular weight is 504 g/mol. The van der Waals surface area contributed by atoms with E-state index in [0.29, 0.717) is 48.2 Å². The van der Waals surface area contributed by atoms with Crippen LogP contribution in [0.5, 0.6) is 0 Å². The Balaban J connectivity index is 1.38. The molecule has 1 fully saturated rings. The number of nitrogens with two attached hydrogens (primary N) is 1. The maximum atomic E-state index is 13.2. The lowest BCUT2D eigenvalue weighted by Gasteiger charge is -2.15. The molecule has 0 aliphatic carbocycles. The zero-order chi connectivity index (χ0) is 26.1. The number of carbonyl (C=O) groups is 2. The van der Waals surface area contributed by atoms with Gasteiger partial charge in [-0.2, -0.15) is 10.1 Å². The molecule has 0 unspecified atom stereocenters. The molecule has 192 valence electrons. The van der Waals surface area contributed by atoms with Gasteiger partial charge in [-0.1, -0.05) is 19.1 Å². The fourth-order valence-electron chi connectivity index (χ4n) is 4.37. The van der Waals surface area contributed by atoms with Crippen LogP contribution in [0.1, 0.15) is 35.4 Å². The molecule has 3 N–H and O–H groups in total. The highest BCUT2D eigenvalue weighted by Crippen LogP contribution is 2.29. The molecule has 4 heterocycles. The van der Waals surface area contributed by atoms with Crippen LogP contribution in [0.3, 0.4) is 0 Å². The third-order valence-electron chi connectivity index (χ3n) is 6.54. The molecule has 12 heteroatoms. The minimum atomic E-state index is -0.539.